The zero-order chi connectivity index (χ0) is 17.4. The highest BCUT2D eigenvalue weighted by atomic mass is 16.3. The molecule has 2 fully saturated rings. The lowest BCUT2D eigenvalue weighted by molar-refractivity contribution is -0.136. The van der Waals surface area contributed by atoms with E-state index in [-0.39, 0.29) is 23.9 Å². The van der Waals surface area contributed by atoms with E-state index in [1.807, 2.05) is 35.2 Å². The van der Waals surface area contributed by atoms with Crippen LogP contribution in [-0.4, -0.2) is 49.8 Å². The van der Waals surface area contributed by atoms with Crippen LogP contribution >= 0.6 is 0 Å². The van der Waals surface area contributed by atoms with Gasteiger partial charge in [0.15, 0.2) is 5.82 Å². The van der Waals surface area contributed by atoms with Crippen LogP contribution in [0.2, 0.25) is 0 Å². The zero-order valence-electron chi connectivity index (χ0n) is 14.0. The van der Waals surface area contributed by atoms with Gasteiger partial charge in [-0.05, 0) is 19.3 Å². The van der Waals surface area contributed by atoms with Crippen LogP contribution in [0.3, 0.4) is 0 Å². The SMILES string of the molecule is N[C@H]1C[C@@H](O)[C@@H]1CC(=O)N1CCCC1c1nc(-c2ccccc2)n[nH]1. The van der Waals surface area contributed by atoms with Crippen molar-refractivity contribution in [3.05, 3.63) is 36.2 Å². The Hall–Kier alpha value is -2.25. The van der Waals surface area contributed by atoms with Crippen molar-refractivity contribution in [2.45, 2.75) is 43.9 Å². The van der Waals surface area contributed by atoms with Gasteiger partial charge in [0.2, 0.25) is 5.91 Å². The maximum Gasteiger partial charge on any atom is 0.223 e. The predicted octanol–water partition coefficient (Wildman–Crippen LogP) is 1.23. The lowest BCUT2D eigenvalue weighted by Crippen LogP contribution is -2.52. The minimum Gasteiger partial charge on any atom is -0.393 e. The molecule has 1 aliphatic carbocycles. The highest BCUT2D eigenvalue weighted by Gasteiger charge is 2.41. The molecule has 0 spiro atoms. The van der Waals surface area contributed by atoms with Gasteiger partial charge >= 0.3 is 0 Å². The number of aliphatic hydroxyl groups excluding tert-OH is 1. The van der Waals surface area contributed by atoms with Crippen LogP contribution in [0.1, 0.15) is 37.5 Å². The summed E-state index contributed by atoms with van der Waals surface area (Å²) in [6.07, 6.45) is 2.25. The van der Waals surface area contributed by atoms with Crippen molar-refractivity contribution in [1.82, 2.24) is 20.1 Å². The Morgan fingerprint density at radius 1 is 1.36 bits per heavy atom. The fourth-order valence-corrected chi connectivity index (χ4v) is 3.81. The number of carbonyl (C=O) groups excluding carboxylic acids is 1. The number of nitrogens with two attached hydrogens (primary N) is 1. The number of hydrogen-bond acceptors (Lipinski definition) is 5. The van der Waals surface area contributed by atoms with Crippen LogP contribution in [0.5, 0.6) is 0 Å². The molecule has 2 heterocycles. The lowest BCUT2D eigenvalue weighted by Gasteiger charge is -2.39. The predicted molar refractivity (Wildman–Crippen MR) is 92.2 cm³/mol. The molecule has 1 aromatic heterocycles. The summed E-state index contributed by atoms with van der Waals surface area (Å²) < 4.78 is 0. The molecule has 1 amide bonds. The molecule has 0 bridgehead atoms. The highest BCUT2D eigenvalue weighted by molar-refractivity contribution is 5.77. The number of hydrogen-bond donors (Lipinski definition) is 3. The molecule has 1 aliphatic heterocycles. The number of carbonyl (C=O) groups is 1. The average Bonchev–Trinajstić information content (AvgIpc) is 3.29. The number of aliphatic hydroxyl groups is 1. The number of likely N-dealkylation sites (tertiary alicyclic amines) is 1. The standard InChI is InChI=1S/C18H23N5O2/c19-13-10-15(24)12(13)9-16(25)23-8-4-7-14(23)18-20-17(21-22-18)11-5-2-1-3-6-11/h1-3,5-6,12-15,24H,4,7-10,19H2,(H,20,21,22)/t12-,13+,14?,15-/m1/s1. The van der Waals surface area contributed by atoms with Gasteiger partial charge in [0, 0.05) is 30.5 Å². The molecule has 1 aromatic carbocycles. The van der Waals surface area contributed by atoms with Gasteiger partial charge < -0.3 is 15.7 Å². The maximum absolute atomic E-state index is 12.7. The van der Waals surface area contributed by atoms with Gasteiger partial charge in [-0.3, -0.25) is 9.89 Å². The minimum absolute atomic E-state index is 0.0411. The summed E-state index contributed by atoms with van der Waals surface area (Å²) in [6.45, 7) is 0.711. The smallest absolute Gasteiger partial charge is 0.223 e. The topological polar surface area (TPSA) is 108 Å². The zero-order valence-corrected chi connectivity index (χ0v) is 14.0. The molecule has 0 radical (unpaired) electrons. The van der Waals surface area contributed by atoms with Crippen molar-refractivity contribution in [3.63, 3.8) is 0 Å². The quantitative estimate of drug-likeness (QED) is 0.775. The Morgan fingerprint density at radius 3 is 2.88 bits per heavy atom. The first kappa shape index (κ1) is 16.2. The van der Waals surface area contributed by atoms with Gasteiger partial charge in [-0.25, -0.2) is 4.98 Å². The van der Waals surface area contributed by atoms with Crippen LogP contribution in [0, 0.1) is 5.92 Å². The minimum atomic E-state index is -0.449. The molecule has 4 N–H and O–H groups in total. The molecule has 7 heteroatoms. The van der Waals surface area contributed by atoms with Crippen LogP contribution in [0.25, 0.3) is 11.4 Å². The third-order valence-electron chi connectivity index (χ3n) is 5.39. The first-order chi connectivity index (χ1) is 12.1. The Morgan fingerprint density at radius 2 is 2.16 bits per heavy atom. The van der Waals surface area contributed by atoms with Crippen LogP contribution < -0.4 is 5.73 Å². The number of aromatic nitrogens is 3. The molecule has 2 aliphatic rings. The molecule has 4 atom stereocenters. The van der Waals surface area contributed by atoms with E-state index in [4.69, 9.17) is 5.73 Å². The summed E-state index contributed by atoms with van der Waals surface area (Å²) in [5.74, 6) is 1.29. The van der Waals surface area contributed by atoms with Gasteiger partial charge in [0.1, 0.15) is 5.82 Å². The fourth-order valence-electron chi connectivity index (χ4n) is 3.81. The lowest BCUT2D eigenvalue weighted by atomic mass is 9.75. The second kappa shape index (κ2) is 6.57. The fraction of sp³-hybridized carbons (Fsp3) is 0.500. The van der Waals surface area contributed by atoms with E-state index in [9.17, 15) is 9.90 Å². The van der Waals surface area contributed by atoms with E-state index in [1.165, 1.54) is 0 Å². The van der Waals surface area contributed by atoms with Crippen molar-refractivity contribution in [2.75, 3.05) is 6.54 Å². The summed E-state index contributed by atoms with van der Waals surface area (Å²) in [5, 5.41) is 17.1. The Kier molecular flexibility index (Phi) is 4.27. The third kappa shape index (κ3) is 3.05. The first-order valence-corrected chi connectivity index (χ1v) is 8.84. The molecule has 1 saturated carbocycles. The summed E-state index contributed by atoms with van der Waals surface area (Å²) in [7, 11) is 0. The largest absolute Gasteiger partial charge is 0.393 e. The Bertz CT molecular complexity index is 739. The normalized spacial score (nSPS) is 28.8. The van der Waals surface area contributed by atoms with Crippen LogP contribution in [-0.2, 0) is 4.79 Å². The molecule has 2 aromatic rings. The maximum atomic E-state index is 12.7. The van der Waals surface area contributed by atoms with E-state index in [2.05, 4.69) is 15.2 Å². The summed E-state index contributed by atoms with van der Waals surface area (Å²) in [4.78, 5) is 19.2. The van der Waals surface area contributed by atoms with E-state index in [0.29, 0.717) is 25.2 Å². The summed E-state index contributed by atoms with van der Waals surface area (Å²) >= 11 is 0. The number of amides is 1. The number of rotatable bonds is 4. The van der Waals surface area contributed by atoms with E-state index >= 15 is 0 Å². The molecular formula is C18H23N5O2. The molecule has 25 heavy (non-hydrogen) atoms. The molecule has 1 saturated heterocycles. The highest BCUT2D eigenvalue weighted by Crippen LogP contribution is 2.35. The average molecular weight is 341 g/mol. The number of H-pyrrole nitrogens is 1. The van der Waals surface area contributed by atoms with Gasteiger partial charge in [-0.2, -0.15) is 5.10 Å². The third-order valence-corrected chi connectivity index (χ3v) is 5.39. The monoisotopic (exact) mass is 341 g/mol. The van der Waals surface area contributed by atoms with Gasteiger partial charge in [0.05, 0.1) is 12.1 Å². The second-order valence-corrected chi connectivity index (χ2v) is 6.99. The molecule has 7 nitrogen and oxygen atoms in total. The number of nitrogens with one attached hydrogen (secondary N) is 1. The van der Waals surface area contributed by atoms with Crippen molar-refractivity contribution in [2.24, 2.45) is 11.7 Å². The van der Waals surface area contributed by atoms with Crippen molar-refractivity contribution in [1.29, 1.82) is 0 Å². The first-order valence-electron chi connectivity index (χ1n) is 8.84. The number of aromatic amines is 1. The number of benzene rings is 1. The van der Waals surface area contributed by atoms with E-state index in [0.717, 1.165) is 24.2 Å². The van der Waals surface area contributed by atoms with Crippen molar-refractivity contribution >= 4 is 5.91 Å². The molecule has 1 unspecified atom stereocenters. The molecule has 4 rings (SSSR count). The Labute approximate surface area is 146 Å². The van der Waals surface area contributed by atoms with E-state index < -0.39 is 6.10 Å². The van der Waals surface area contributed by atoms with Crippen molar-refractivity contribution in [3.8, 4) is 11.4 Å². The van der Waals surface area contributed by atoms with Gasteiger partial charge in [-0.1, -0.05) is 30.3 Å². The van der Waals surface area contributed by atoms with Crippen LogP contribution in [0.4, 0.5) is 0 Å². The Balaban J connectivity index is 1.48. The van der Waals surface area contributed by atoms with Gasteiger partial charge in [0.25, 0.3) is 0 Å². The second-order valence-electron chi connectivity index (χ2n) is 6.99. The molecular weight excluding hydrogens is 318 g/mol. The summed E-state index contributed by atoms with van der Waals surface area (Å²) in [5.41, 5.74) is 6.86. The van der Waals surface area contributed by atoms with Gasteiger partial charge in [-0.15, -0.1) is 0 Å². The molecule has 132 valence electrons. The van der Waals surface area contributed by atoms with E-state index in [1.54, 1.807) is 0 Å². The van der Waals surface area contributed by atoms with Crippen molar-refractivity contribution < 1.29 is 9.90 Å². The number of nitrogens with zero attached hydrogens (tertiary/aromatic N) is 3. The van der Waals surface area contributed by atoms with Crippen LogP contribution in [0.15, 0.2) is 30.3 Å². The summed E-state index contributed by atoms with van der Waals surface area (Å²) in [6, 6.07) is 9.62.